The molecule has 2 unspecified atom stereocenters. The highest BCUT2D eigenvalue weighted by atomic mass is 32.9. The minimum atomic E-state index is -2.67. The van der Waals surface area contributed by atoms with Crippen molar-refractivity contribution in [2.75, 3.05) is 0 Å². The average Bonchev–Trinajstić information content (AvgIpc) is 2.83. The van der Waals surface area contributed by atoms with E-state index in [0.717, 1.165) is 30.1 Å². The lowest BCUT2D eigenvalue weighted by molar-refractivity contribution is 0.506. The van der Waals surface area contributed by atoms with E-state index in [-0.39, 0.29) is 0 Å². The van der Waals surface area contributed by atoms with Gasteiger partial charge in [0.25, 0.3) is 0 Å². The maximum atomic E-state index is 6.36. The summed E-state index contributed by atoms with van der Waals surface area (Å²) >= 11 is 7.59. The Kier molecular flexibility index (Phi) is 9.28. The number of hydrogen-bond donors (Lipinski definition) is 0. The highest BCUT2D eigenvalue weighted by Crippen LogP contribution is 2.61. The van der Waals surface area contributed by atoms with Gasteiger partial charge in [-0.15, -0.1) is 0 Å². The molecular weight excluding hydrogens is 451 g/mol. The van der Waals surface area contributed by atoms with Crippen LogP contribution in [-0.4, -0.2) is 0 Å². The van der Waals surface area contributed by atoms with E-state index in [1.165, 1.54) is 16.7 Å². The van der Waals surface area contributed by atoms with E-state index in [1.54, 1.807) is 11.4 Å². The monoisotopic (exact) mass is 484 g/mol. The maximum Gasteiger partial charge on any atom is 0.348 e. The molecule has 0 saturated heterocycles. The Balaban J connectivity index is 1.79. The maximum absolute atomic E-state index is 6.36. The molecule has 0 heterocycles. The predicted octanol–water partition coefficient (Wildman–Crippen LogP) is 9.33. The first-order valence-corrected chi connectivity index (χ1v) is 15.5. The molecule has 3 aromatic carbocycles. The molecule has 0 amide bonds. The summed E-state index contributed by atoms with van der Waals surface area (Å²) in [6.07, 6.45) is 2.22. The largest absolute Gasteiger partial charge is 0.428 e. The molecule has 0 saturated carbocycles. The molecule has 0 spiro atoms. The predicted molar refractivity (Wildman–Crippen MR) is 144 cm³/mol. The van der Waals surface area contributed by atoms with Crippen molar-refractivity contribution in [3.63, 3.8) is 0 Å². The van der Waals surface area contributed by atoms with Crippen LogP contribution in [0, 0.1) is 0 Å². The Bertz CT molecular complexity index is 945. The summed E-state index contributed by atoms with van der Waals surface area (Å²) in [7, 11) is 0. The van der Waals surface area contributed by atoms with Crippen LogP contribution in [-0.2, 0) is 17.6 Å². The van der Waals surface area contributed by atoms with E-state index in [4.69, 9.17) is 20.9 Å². The van der Waals surface area contributed by atoms with Gasteiger partial charge in [0.2, 0.25) is 0 Å². The Morgan fingerprint density at radius 1 is 0.719 bits per heavy atom. The summed E-state index contributed by atoms with van der Waals surface area (Å²) in [6.45, 7) is 8.88. The molecule has 0 radical (unpaired) electrons. The zero-order chi connectivity index (χ0) is 23.0. The van der Waals surface area contributed by atoms with Crippen LogP contribution in [0.25, 0.3) is 0 Å². The van der Waals surface area contributed by atoms with E-state index in [2.05, 4.69) is 64.1 Å². The zero-order valence-corrected chi connectivity index (χ0v) is 21.9. The topological polar surface area (TPSA) is 18.5 Å². The fraction of sp³-hybridized carbons (Fsp3) is 0.333. The second kappa shape index (κ2) is 11.9. The van der Waals surface area contributed by atoms with Crippen molar-refractivity contribution in [3.8, 4) is 11.5 Å². The first-order chi connectivity index (χ1) is 15.4. The van der Waals surface area contributed by atoms with Gasteiger partial charge in [0.05, 0.1) is 0 Å². The van der Waals surface area contributed by atoms with Crippen LogP contribution in [0.4, 0.5) is 0 Å². The van der Waals surface area contributed by atoms with Crippen molar-refractivity contribution in [1.82, 2.24) is 0 Å². The molecule has 170 valence electrons. The minimum absolute atomic E-state index is 0.528. The van der Waals surface area contributed by atoms with Gasteiger partial charge in [0.1, 0.15) is 11.5 Å². The van der Waals surface area contributed by atoms with Crippen LogP contribution >= 0.6 is 17.1 Å². The van der Waals surface area contributed by atoms with E-state index in [0.29, 0.717) is 11.8 Å². The van der Waals surface area contributed by atoms with Gasteiger partial charge in [-0.2, -0.15) is 0 Å². The molecule has 32 heavy (non-hydrogen) atoms. The quantitative estimate of drug-likeness (QED) is 0.252. The first-order valence-electron chi connectivity index (χ1n) is 11.3. The van der Waals surface area contributed by atoms with Gasteiger partial charge in [-0.05, 0) is 88.8 Å². The molecule has 3 rings (SSSR count). The van der Waals surface area contributed by atoms with Crippen LogP contribution in [0.15, 0.2) is 78.9 Å². The lowest BCUT2D eigenvalue weighted by atomic mass is 9.99. The van der Waals surface area contributed by atoms with Gasteiger partial charge in [-0.3, -0.25) is 0 Å². The molecule has 0 aliphatic carbocycles. The Morgan fingerprint density at radius 2 is 1.16 bits per heavy atom. The smallest absolute Gasteiger partial charge is 0.348 e. The number of rotatable bonds is 11. The second-order valence-corrected chi connectivity index (χ2v) is 14.3. The molecule has 5 heteroatoms. The van der Waals surface area contributed by atoms with Crippen molar-refractivity contribution in [3.05, 3.63) is 95.6 Å². The fourth-order valence-electron chi connectivity index (χ4n) is 3.24. The van der Waals surface area contributed by atoms with Gasteiger partial charge in [-0.1, -0.05) is 82.3 Å². The van der Waals surface area contributed by atoms with Crippen molar-refractivity contribution < 1.29 is 9.05 Å². The molecule has 0 fully saturated rings. The fourth-order valence-corrected chi connectivity index (χ4v) is 7.39. The van der Waals surface area contributed by atoms with Gasteiger partial charge in [0, 0.05) is 5.75 Å². The van der Waals surface area contributed by atoms with E-state index >= 15 is 0 Å². The molecule has 3 aromatic rings. The highest BCUT2D eigenvalue weighted by molar-refractivity contribution is 8.67. The van der Waals surface area contributed by atoms with E-state index < -0.39 is 5.69 Å². The SMILES string of the molecule is CCC(C)c1ccc(OP(=S)(Oc2ccc(C(C)CC)cc2)SCc2ccccc2)cc1. The average molecular weight is 485 g/mol. The van der Waals surface area contributed by atoms with Gasteiger partial charge in [0.15, 0.2) is 0 Å². The van der Waals surface area contributed by atoms with Gasteiger partial charge < -0.3 is 9.05 Å². The highest BCUT2D eigenvalue weighted by Gasteiger charge is 2.24. The molecule has 2 atom stereocenters. The third kappa shape index (κ3) is 7.13. The molecule has 0 aromatic heterocycles. The Hall–Kier alpha value is -1.74. The second-order valence-electron chi connectivity index (χ2n) is 8.15. The summed E-state index contributed by atoms with van der Waals surface area (Å²) in [5, 5.41) is 0. The number of hydrogen-bond acceptors (Lipinski definition) is 4. The van der Waals surface area contributed by atoms with Crippen LogP contribution < -0.4 is 9.05 Å². The van der Waals surface area contributed by atoms with Crippen molar-refractivity contribution in [2.45, 2.75) is 58.1 Å². The summed E-state index contributed by atoms with van der Waals surface area (Å²) in [6, 6.07) is 26.9. The zero-order valence-electron chi connectivity index (χ0n) is 19.4. The number of benzene rings is 3. The van der Waals surface area contributed by atoms with E-state index in [9.17, 15) is 0 Å². The third-order valence-electron chi connectivity index (χ3n) is 5.79. The van der Waals surface area contributed by atoms with Crippen LogP contribution in [0.1, 0.15) is 69.1 Å². The van der Waals surface area contributed by atoms with Crippen molar-refractivity contribution >= 4 is 28.9 Å². The lowest BCUT2D eigenvalue weighted by Gasteiger charge is -2.23. The summed E-state index contributed by atoms with van der Waals surface area (Å²) in [4.78, 5) is 0. The van der Waals surface area contributed by atoms with Crippen LogP contribution in [0.5, 0.6) is 11.5 Å². The van der Waals surface area contributed by atoms with Crippen LogP contribution in [0.2, 0.25) is 0 Å². The Labute approximate surface area is 202 Å². The van der Waals surface area contributed by atoms with Crippen molar-refractivity contribution in [2.24, 2.45) is 0 Å². The minimum Gasteiger partial charge on any atom is -0.428 e. The summed E-state index contributed by atoms with van der Waals surface area (Å²) in [5.41, 5.74) is 1.16. The standard InChI is InChI=1S/C27H33O2PS2/c1-5-21(3)24-12-16-26(17-13-24)28-30(31,32-20-23-10-8-7-9-11-23)29-27-18-14-25(15-19-27)22(4)6-2/h7-19,21-22H,5-6,20H2,1-4H3. The van der Waals surface area contributed by atoms with Crippen molar-refractivity contribution in [1.29, 1.82) is 0 Å². The first kappa shape index (κ1) is 24.9. The molecule has 2 nitrogen and oxygen atoms in total. The molecule has 0 aliphatic rings. The lowest BCUT2D eigenvalue weighted by Crippen LogP contribution is -1.99. The van der Waals surface area contributed by atoms with Gasteiger partial charge >= 0.3 is 5.69 Å². The molecule has 0 N–H and O–H groups in total. The normalized spacial score (nSPS) is 14.9. The summed E-state index contributed by atoms with van der Waals surface area (Å²) < 4.78 is 12.7. The van der Waals surface area contributed by atoms with Gasteiger partial charge in [-0.25, -0.2) is 0 Å². The molecule has 0 bridgehead atoms. The summed E-state index contributed by atoms with van der Waals surface area (Å²) in [5.74, 6) is 3.32. The molecular formula is C27H33O2PS2. The van der Waals surface area contributed by atoms with Crippen LogP contribution in [0.3, 0.4) is 0 Å². The third-order valence-corrected chi connectivity index (χ3v) is 10.6. The Morgan fingerprint density at radius 3 is 1.56 bits per heavy atom. The van der Waals surface area contributed by atoms with E-state index in [1.807, 2.05) is 42.5 Å². The molecule has 0 aliphatic heterocycles.